The van der Waals surface area contributed by atoms with Crippen LogP contribution in [0.1, 0.15) is 43.1 Å². The summed E-state index contributed by atoms with van der Waals surface area (Å²) in [6, 6.07) is 4.14. The molecule has 0 radical (unpaired) electrons. The van der Waals surface area contributed by atoms with Crippen LogP contribution in [-0.4, -0.2) is 82.7 Å². The maximum Gasteiger partial charge on any atom is 0.271 e. The van der Waals surface area contributed by atoms with Gasteiger partial charge in [-0.2, -0.15) is 5.10 Å². The number of ether oxygens (including phenoxy) is 1. The molecule has 2 fully saturated rings. The van der Waals surface area contributed by atoms with E-state index in [1.54, 1.807) is 17.0 Å². The van der Waals surface area contributed by atoms with Gasteiger partial charge in [-0.15, -0.1) is 0 Å². The number of hydrogen-bond acceptors (Lipinski definition) is 6. The first-order chi connectivity index (χ1) is 15.9. The largest absolute Gasteiger partial charge is 0.481 e. The zero-order chi connectivity index (χ0) is 23.5. The smallest absolute Gasteiger partial charge is 0.271 e. The van der Waals surface area contributed by atoms with E-state index >= 15 is 0 Å². The van der Waals surface area contributed by atoms with Crippen molar-refractivity contribution < 1.29 is 14.3 Å². The van der Waals surface area contributed by atoms with Gasteiger partial charge in [0, 0.05) is 49.3 Å². The number of amides is 2. The molecule has 9 nitrogen and oxygen atoms in total. The van der Waals surface area contributed by atoms with Crippen LogP contribution in [0.2, 0.25) is 5.02 Å². The second-order valence-electron chi connectivity index (χ2n) is 9.01. The number of pyridine rings is 1. The molecule has 2 amide bonds. The van der Waals surface area contributed by atoms with Crippen molar-refractivity contribution in [2.24, 2.45) is 5.92 Å². The van der Waals surface area contributed by atoms with Gasteiger partial charge >= 0.3 is 0 Å². The molecular weight excluding hydrogens is 444 g/mol. The van der Waals surface area contributed by atoms with Gasteiger partial charge in [-0.25, -0.2) is 4.98 Å². The van der Waals surface area contributed by atoms with Crippen molar-refractivity contribution in [1.82, 2.24) is 30.3 Å². The Morgan fingerprint density at radius 2 is 1.97 bits per heavy atom. The van der Waals surface area contributed by atoms with Gasteiger partial charge in [0.25, 0.3) is 5.91 Å². The number of rotatable bonds is 5. The molecule has 2 aliphatic rings. The van der Waals surface area contributed by atoms with Crippen molar-refractivity contribution in [3.8, 4) is 17.1 Å². The number of nitrogens with zero attached hydrogens (tertiary/aromatic N) is 4. The van der Waals surface area contributed by atoms with Crippen LogP contribution in [0.25, 0.3) is 11.3 Å². The number of hydrogen-bond donors (Lipinski definition) is 2. The molecule has 0 aromatic carbocycles. The van der Waals surface area contributed by atoms with Crippen molar-refractivity contribution in [3.63, 3.8) is 0 Å². The minimum Gasteiger partial charge on any atom is -0.481 e. The van der Waals surface area contributed by atoms with E-state index in [1.807, 2.05) is 0 Å². The summed E-state index contributed by atoms with van der Waals surface area (Å²) >= 11 is 6.25. The van der Waals surface area contributed by atoms with E-state index in [-0.39, 0.29) is 23.8 Å². The van der Waals surface area contributed by atoms with Gasteiger partial charge < -0.3 is 19.9 Å². The number of piperidine rings is 2. The summed E-state index contributed by atoms with van der Waals surface area (Å²) in [6.45, 7) is 4.18. The van der Waals surface area contributed by atoms with Crippen LogP contribution in [0.3, 0.4) is 0 Å². The number of likely N-dealkylation sites (tertiary alicyclic amines) is 2. The van der Waals surface area contributed by atoms with Crippen LogP contribution in [0.4, 0.5) is 0 Å². The van der Waals surface area contributed by atoms with Crippen molar-refractivity contribution >= 4 is 23.4 Å². The summed E-state index contributed by atoms with van der Waals surface area (Å²) in [7, 11) is 3.63. The minimum atomic E-state index is -0.132. The van der Waals surface area contributed by atoms with E-state index < -0.39 is 0 Å². The molecule has 4 heterocycles. The molecule has 2 saturated heterocycles. The number of H-pyrrole nitrogens is 1. The van der Waals surface area contributed by atoms with Gasteiger partial charge in [-0.05, 0) is 45.7 Å². The maximum absolute atomic E-state index is 13.0. The van der Waals surface area contributed by atoms with Crippen molar-refractivity contribution in [2.45, 2.75) is 44.7 Å². The summed E-state index contributed by atoms with van der Waals surface area (Å²) in [5.74, 6) is 0.340. The van der Waals surface area contributed by atoms with Gasteiger partial charge in [-0.3, -0.25) is 14.7 Å². The Balaban J connectivity index is 1.32. The third kappa shape index (κ3) is 5.30. The quantitative estimate of drug-likeness (QED) is 0.690. The summed E-state index contributed by atoms with van der Waals surface area (Å²) < 4.78 is 5.15. The molecule has 0 saturated carbocycles. The number of halogens is 1. The molecule has 2 aliphatic heterocycles. The summed E-state index contributed by atoms with van der Waals surface area (Å²) in [5.41, 5.74) is 1.57. The lowest BCUT2D eigenvalue weighted by atomic mass is 9.94. The van der Waals surface area contributed by atoms with Crippen LogP contribution in [-0.2, 0) is 4.79 Å². The van der Waals surface area contributed by atoms with Crippen LogP contribution in [0.5, 0.6) is 5.88 Å². The Hall–Kier alpha value is -2.65. The SMILES string of the molecule is COc1cc(-c2cc(C(=O)N3CCC(C(=O)N[C@H]4CC[C@@H](C)N(C)C4)CC3)[nH]n2)c(Cl)cn1. The molecule has 33 heavy (non-hydrogen) atoms. The molecule has 0 aliphatic carbocycles. The molecule has 0 bridgehead atoms. The summed E-state index contributed by atoms with van der Waals surface area (Å²) in [4.78, 5) is 33.9. The third-order valence-corrected chi connectivity index (χ3v) is 7.12. The molecule has 4 rings (SSSR count). The van der Waals surface area contributed by atoms with Gasteiger partial charge in [0.05, 0.1) is 24.0 Å². The number of aromatic amines is 1. The molecule has 2 atom stereocenters. The number of methoxy groups -OCH3 is 1. The minimum absolute atomic E-state index is 0.0564. The van der Waals surface area contributed by atoms with Crippen LogP contribution in [0.15, 0.2) is 18.3 Å². The number of aromatic nitrogens is 3. The Morgan fingerprint density at radius 3 is 2.67 bits per heavy atom. The summed E-state index contributed by atoms with van der Waals surface area (Å²) in [5, 5.41) is 10.7. The highest BCUT2D eigenvalue weighted by Gasteiger charge is 2.31. The Kier molecular flexibility index (Phi) is 7.19. The van der Waals surface area contributed by atoms with Crippen LogP contribution in [0, 0.1) is 5.92 Å². The fourth-order valence-electron chi connectivity index (χ4n) is 4.53. The third-order valence-electron chi connectivity index (χ3n) is 6.82. The number of carbonyl (C=O) groups is 2. The molecule has 2 N–H and O–H groups in total. The van der Waals surface area contributed by atoms with E-state index in [1.165, 1.54) is 13.3 Å². The van der Waals surface area contributed by atoms with Crippen molar-refractivity contribution in [2.75, 3.05) is 33.8 Å². The lowest BCUT2D eigenvalue weighted by Gasteiger charge is -2.37. The topological polar surface area (TPSA) is 103 Å². The van der Waals surface area contributed by atoms with E-state index in [2.05, 4.69) is 39.4 Å². The Bertz CT molecular complexity index is 1000. The van der Waals surface area contributed by atoms with Crippen LogP contribution < -0.4 is 10.1 Å². The van der Waals surface area contributed by atoms with Gasteiger partial charge in [0.2, 0.25) is 11.8 Å². The number of likely N-dealkylation sites (N-methyl/N-ethyl adjacent to an activating group) is 1. The van der Waals surface area contributed by atoms with E-state index in [0.29, 0.717) is 59.8 Å². The second-order valence-corrected chi connectivity index (χ2v) is 9.42. The molecule has 10 heteroatoms. The molecule has 178 valence electrons. The van der Waals surface area contributed by atoms with E-state index in [9.17, 15) is 9.59 Å². The zero-order valence-electron chi connectivity index (χ0n) is 19.3. The van der Waals surface area contributed by atoms with E-state index in [4.69, 9.17) is 16.3 Å². The molecule has 2 aromatic rings. The van der Waals surface area contributed by atoms with Gasteiger partial charge in [0.1, 0.15) is 5.69 Å². The summed E-state index contributed by atoms with van der Waals surface area (Å²) in [6.07, 6.45) is 4.92. The highest BCUT2D eigenvalue weighted by Crippen LogP contribution is 2.29. The first kappa shape index (κ1) is 23.5. The fourth-order valence-corrected chi connectivity index (χ4v) is 4.73. The monoisotopic (exact) mass is 474 g/mol. The predicted octanol–water partition coefficient (Wildman–Crippen LogP) is 2.58. The number of carbonyl (C=O) groups excluding carboxylic acids is 2. The maximum atomic E-state index is 13.0. The van der Waals surface area contributed by atoms with Crippen LogP contribution >= 0.6 is 11.6 Å². The van der Waals surface area contributed by atoms with Gasteiger partial charge in [0.15, 0.2) is 0 Å². The Morgan fingerprint density at radius 1 is 1.21 bits per heavy atom. The average molecular weight is 475 g/mol. The predicted molar refractivity (Wildman–Crippen MR) is 125 cm³/mol. The van der Waals surface area contributed by atoms with Gasteiger partial charge in [-0.1, -0.05) is 11.6 Å². The fraction of sp³-hybridized carbons (Fsp3) is 0.565. The molecular formula is C23H31ClN6O3. The lowest BCUT2D eigenvalue weighted by molar-refractivity contribution is -0.127. The average Bonchev–Trinajstić information content (AvgIpc) is 3.31. The van der Waals surface area contributed by atoms with Crippen molar-refractivity contribution in [1.29, 1.82) is 0 Å². The van der Waals surface area contributed by atoms with E-state index in [0.717, 1.165) is 19.4 Å². The Labute approximate surface area is 198 Å². The second kappa shape index (κ2) is 10.1. The first-order valence-electron chi connectivity index (χ1n) is 11.4. The van der Waals surface area contributed by atoms with Crippen molar-refractivity contribution in [3.05, 3.63) is 29.0 Å². The molecule has 0 unspecified atom stereocenters. The standard InChI is InChI=1S/C23H31ClN6O3/c1-14-4-5-16(13-29(14)2)26-22(31)15-6-8-30(9-7-15)23(32)20-11-19(27-28-20)17-10-21(33-3)25-12-18(17)24/h10-12,14-16H,4-9,13H2,1-3H3,(H,26,31)(H,27,28)/t14-,16+/m1/s1. The highest BCUT2D eigenvalue weighted by molar-refractivity contribution is 6.33. The lowest BCUT2D eigenvalue weighted by Crippen LogP contribution is -2.51. The normalized spacial score (nSPS) is 22.2. The molecule has 2 aromatic heterocycles. The highest BCUT2D eigenvalue weighted by atomic mass is 35.5. The number of nitrogens with one attached hydrogen (secondary N) is 2. The molecule has 0 spiro atoms. The first-order valence-corrected chi connectivity index (χ1v) is 11.8. The zero-order valence-corrected chi connectivity index (χ0v) is 20.1.